The van der Waals surface area contributed by atoms with E-state index in [2.05, 4.69) is 16.0 Å². The molecule has 0 saturated carbocycles. The predicted octanol–water partition coefficient (Wildman–Crippen LogP) is 5.41. The van der Waals surface area contributed by atoms with Crippen LogP contribution in [0, 0.1) is 0 Å². The molecule has 2 aromatic carbocycles. The van der Waals surface area contributed by atoms with Crippen LogP contribution < -0.4 is 25.4 Å². The van der Waals surface area contributed by atoms with E-state index in [-0.39, 0.29) is 30.4 Å². The van der Waals surface area contributed by atoms with E-state index in [0.717, 1.165) is 40.6 Å². The molecule has 0 spiro atoms. The topological polar surface area (TPSA) is 135 Å². The third-order valence-corrected chi connectivity index (χ3v) is 9.77. The SMILES string of the molecule is COc1nc(-c2cccc(-c3cccc(-c4ccc(CN(C=O)CC5CCC(=O)N5)c(OC)n4)c3Cl)c2Cl)ccc1CNCC1CCC(=O)N1. The molecule has 6 rings (SSSR count). The Bertz CT molecular complexity index is 1910. The normalized spacial score (nSPS) is 17.0. The van der Waals surface area contributed by atoms with Crippen molar-refractivity contribution >= 4 is 41.4 Å². The molecule has 2 atom stereocenters. The zero-order chi connectivity index (χ0) is 35.2. The second-order valence-electron chi connectivity index (χ2n) is 12.3. The van der Waals surface area contributed by atoms with Crippen molar-refractivity contribution in [2.45, 2.75) is 50.9 Å². The first-order valence-corrected chi connectivity index (χ1v) is 17.2. The fourth-order valence-corrected chi connectivity index (χ4v) is 7.04. The molecule has 13 heteroatoms. The molecule has 2 unspecified atom stereocenters. The highest BCUT2D eigenvalue weighted by atomic mass is 35.5. The summed E-state index contributed by atoms with van der Waals surface area (Å²) in [4.78, 5) is 46.1. The van der Waals surface area contributed by atoms with E-state index in [0.29, 0.717) is 77.7 Å². The standard InChI is InChI=1S/C37H38Cl2N6O5/c1-49-36-22(17-40-18-24-11-15-32(47)41-24)9-13-30(43-36)28-7-3-5-26(34(28)38)27-6-4-8-29(35(27)39)31-14-10-23(37(44-31)50-2)19-45(21-46)20-25-12-16-33(48)42-25/h3-10,13-14,21,24-25,40H,11-12,15-20H2,1-2H3,(H,41,47)(H,42,48). The summed E-state index contributed by atoms with van der Waals surface area (Å²) in [5, 5.41) is 10.2. The summed E-state index contributed by atoms with van der Waals surface area (Å²) in [7, 11) is 3.12. The average molecular weight is 718 g/mol. The maximum absolute atomic E-state index is 11.9. The first kappa shape index (κ1) is 35.1. The van der Waals surface area contributed by atoms with Gasteiger partial charge in [0.15, 0.2) is 0 Å². The maximum atomic E-state index is 11.9. The number of ether oxygens (including phenoxy) is 2. The van der Waals surface area contributed by atoms with Gasteiger partial charge in [-0.2, -0.15) is 0 Å². The van der Waals surface area contributed by atoms with Crippen molar-refractivity contribution < 1.29 is 23.9 Å². The van der Waals surface area contributed by atoms with Crippen molar-refractivity contribution in [3.05, 3.63) is 81.8 Å². The molecular weight excluding hydrogens is 679 g/mol. The zero-order valence-electron chi connectivity index (χ0n) is 27.8. The molecule has 4 aromatic rings. The van der Waals surface area contributed by atoms with Crippen LogP contribution in [0.5, 0.6) is 11.8 Å². The van der Waals surface area contributed by atoms with E-state index < -0.39 is 0 Å². The molecule has 4 heterocycles. The summed E-state index contributed by atoms with van der Waals surface area (Å²) in [6, 6.07) is 19.0. The average Bonchev–Trinajstić information content (AvgIpc) is 3.75. The molecule has 2 aliphatic heterocycles. The minimum absolute atomic E-state index is 0.000150. The van der Waals surface area contributed by atoms with Gasteiger partial charge in [-0.05, 0) is 31.0 Å². The lowest BCUT2D eigenvalue weighted by molar-refractivity contribution is -0.121. The quantitative estimate of drug-likeness (QED) is 0.148. The second kappa shape index (κ2) is 15.9. The number of nitrogens with one attached hydrogen (secondary N) is 3. The molecule has 2 aliphatic rings. The maximum Gasteiger partial charge on any atom is 0.220 e. The van der Waals surface area contributed by atoms with Gasteiger partial charge in [0.05, 0.1) is 42.2 Å². The largest absolute Gasteiger partial charge is 0.481 e. The number of carbonyl (C=O) groups is 3. The van der Waals surface area contributed by atoms with Crippen molar-refractivity contribution in [3.63, 3.8) is 0 Å². The number of methoxy groups -OCH3 is 2. The van der Waals surface area contributed by atoms with Crippen LogP contribution in [0.2, 0.25) is 10.0 Å². The Balaban J connectivity index is 1.22. The predicted molar refractivity (Wildman–Crippen MR) is 192 cm³/mol. The zero-order valence-corrected chi connectivity index (χ0v) is 29.3. The molecule has 0 bridgehead atoms. The number of rotatable bonds is 14. The summed E-state index contributed by atoms with van der Waals surface area (Å²) in [5.74, 6) is 0.944. The second-order valence-corrected chi connectivity index (χ2v) is 13.1. The van der Waals surface area contributed by atoms with Gasteiger partial charge in [-0.3, -0.25) is 14.4 Å². The van der Waals surface area contributed by atoms with Crippen LogP contribution in [0.25, 0.3) is 33.6 Å². The highest BCUT2D eigenvalue weighted by Gasteiger charge is 2.24. The number of aromatic nitrogens is 2. The molecule has 50 heavy (non-hydrogen) atoms. The van der Waals surface area contributed by atoms with Gasteiger partial charge in [-0.1, -0.05) is 65.7 Å². The van der Waals surface area contributed by atoms with E-state index in [4.69, 9.17) is 42.6 Å². The van der Waals surface area contributed by atoms with E-state index >= 15 is 0 Å². The Labute approximate surface area is 300 Å². The molecule has 260 valence electrons. The minimum Gasteiger partial charge on any atom is -0.481 e. The van der Waals surface area contributed by atoms with Gasteiger partial charge in [0.25, 0.3) is 0 Å². The summed E-state index contributed by atoms with van der Waals surface area (Å²) in [5.41, 5.74) is 5.71. The van der Waals surface area contributed by atoms with Crippen LogP contribution in [-0.4, -0.2) is 72.5 Å². The molecular formula is C37H38Cl2N6O5. The first-order valence-electron chi connectivity index (χ1n) is 16.4. The van der Waals surface area contributed by atoms with Gasteiger partial charge < -0.3 is 30.3 Å². The van der Waals surface area contributed by atoms with Gasteiger partial charge in [-0.15, -0.1) is 0 Å². The molecule has 2 aromatic heterocycles. The van der Waals surface area contributed by atoms with Gasteiger partial charge >= 0.3 is 0 Å². The smallest absolute Gasteiger partial charge is 0.220 e. The van der Waals surface area contributed by atoms with Crippen molar-refractivity contribution in [2.24, 2.45) is 0 Å². The molecule has 11 nitrogen and oxygen atoms in total. The van der Waals surface area contributed by atoms with Gasteiger partial charge in [0.2, 0.25) is 30.0 Å². The lowest BCUT2D eigenvalue weighted by Crippen LogP contribution is -2.37. The Kier molecular flexibility index (Phi) is 11.2. The van der Waals surface area contributed by atoms with Crippen LogP contribution in [0.3, 0.4) is 0 Å². The number of halogens is 2. The lowest BCUT2D eigenvalue weighted by Gasteiger charge is -2.22. The van der Waals surface area contributed by atoms with E-state index in [1.54, 1.807) is 12.0 Å². The van der Waals surface area contributed by atoms with E-state index in [1.807, 2.05) is 60.7 Å². The van der Waals surface area contributed by atoms with E-state index in [1.165, 1.54) is 7.11 Å². The number of amides is 3. The Morgan fingerprint density at radius 3 is 1.82 bits per heavy atom. The highest BCUT2D eigenvalue weighted by molar-refractivity contribution is 6.39. The molecule has 0 radical (unpaired) electrons. The van der Waals surface area contributed by atoms with Crippen LogP contribution in [0.1, 0.15) is 36.8 Å². The lowest BCUT2D eigenvalue weighted by atomic mass is 9.98. The van der Waals surface area contributed by atoms with Crippen LogP contribution >= 0.6 is 23.2 Å². The number of nitrogens with zero attached hydrogens (tertiary/aromatic N) is 3. The molecule has 3 amide bonds. The fraction of sp³-hybridized carbons (Fsp3) is 0.324. The highest BCUT2D eigenvalue weighted by Crippen LogP contribution is 2.42. The van der Waals surface area contributed by atoms with E-state index in [9.17, 15) is 14.4 Å². The first-order chi connectivity index (χ1) is 24.3. The Morgan fingerprint density at radius 2 is 1.30 bits per heavy atom. The van der Waals surface area contributed by atoms with Crippen LogP contribution in [0.4, 0.5) is 0 Å². The number of carbonyl (C=O) groups excluding carboxylic acids is 3. The van der Waals surface area contributed by atoms with Crippen LogP contribution in [-0.2, 0) is 27.5 Å². The third kappa shape index (κ3) is 7.85. The Morgan fingerprint density at radius 1 is 0.780 bits per heavy atom. The van der Waals surface area contributed by atoms with Crippen molar-refractivity contribution in [2.75, 3.05) is 27.3 Å². The van der Waals surface area contributed by atoms with Crippen molar-refractivity contribution in [3.8, 4) is 45.4 Å². The summed E-state index contributed by atoms with van der Waals surface area (Å²) in [6.45, 7) is 1.88. The number of benzene rings is 2. The fourth-order valence-electron chi connectivity index (χ4n) is 6.40. The van der Waals surface area contributed by atoms with Crippen molar-refractivity contribution in [1.82, 2.24) is 30.8 Å². The number of hydrogen-bond acceptors (Lipinski definition) is 8. The van der Waals surface area contributed by atoms with Gasteiger partial charge in [0, 0.05) is 77.9 Å². The van der Waals surface area contributed by atoms with Gasteiger partial charge in [0.1, 0.15) is 0 Å². The molecule has 0 aliphatic carbocycles. The van der Waals surface area contributed by atoms with Crippen molar-refractivity contribution in [1.29, 1.82) is 0 Å². The summed E-state index contributed by atoms with van der Waals surface area (Å²) >= 11 is 14.1. The number of pyridine rings is 2. The summed E-state index contributed by atoms with van der Waals surface area (Å²) < 4.78 is 11.3. The minimum atomic E-state index is -0.0731. The number of hydrogen-bond donors (Lipinski definition) is 3. The van der Waals surface area contributed by atoms with Crippen LogP contribution in [0.15, 0.2) is 60.7 Å². The molecule has 2 saturated heterocycles. The third-order valence-electron chi connectivity index (χ3n) is 8.96. The van der Waals surface area contributed by atoms with Gasteiger partial charge in [-0.25, -0.2) is 9.97 Å². The summed E-state index contributed by atoms with van der Waals surface area (Å²) in [6.07, 6.45) is 3.32. The molecule has 3 N–H and O–H groups in total. The Hall–Kier alpha value is -4.71. The molecule has 2 fully saturated rings. The monoisotopic (exact) mass is 716 g/mol.